The van der Waals surface area contributed by atoms with Gasteiger partial charge in [0.05, 0.1) is 17.8 Å². The van der Waals surface area contributed by atoms with Crippen LogP contribution in [0.25, 0.3) is 0 Å². The van der Waals surface area contributed by atoms with Crippen molar-refractivity contribution in [3.8, 4) is 0 Å². The minimum Gasteiger partial charge on any atom is -0.393 e. The zero-order chi connectivity index (χ0) is 25.5. The minimum atomic E-state index is -0.822. The van der Waals surface area contributed by atoms with Crippen LogP contribution in [0.3, 0.4) is 0 Å². The molecule has 0 saturated heterocycles. The predicted molar refractivity (Wildman–Crippen MR) is 136 cm³/mol. The Morgan fingerprint density at radius 2 is 1.71 bits per heavy atom. The summed E-state index contributed by atoms with van der Waals surface area (Å²) in [7, 11) is 0. The average molecular weight is 475 g/mol. The molecular formula is C30H50O4. The van der Waals surface area contributed by atoms with Gasteiger partial charge < -0.3 is 15.3 Å². The number of Topliss-reactive ketones (excluding diaryl/α,β-unsaturated/α-hetero) is 1. The van der Waals surface area contributed by atoms with Crippen LogP contribution in [-0.4, -0.2) is 38.9 Å². The van der Waals surface area contributed by atoms with E-state index >= 15 is 0 Å². The Morgan fingerprint density at radius 3 is 2.32 bits per heavy atom. The molecule has 0 radical (unpaired) electrons. The van der Waals surface area contributed by atoms with Gasteiger partial charge >= 0.3 is 0 Å². The van der Waals surface area contributed by atoms with Crippen LogP contribution < -0.4 is 0 Å². The molecule has 0 aromatic carbocycles. The van der Waals surface area contributed by atoms with Crippen molar-refractivity contribution in [1.29, 1.82) is 0 Å². The number of aliphatic hydroxyl groups is 3. The lowest BCUT2D eigenvalue weighted by Crippen LogP contribution is -2.69. The molecule has 0 unspecified atom stereocenters. The topological polar surface area (TPSA) is 77.8 Å². The summed E-state index contributed by atoms with van der Waals surface area (Å²) in [5, 5.41) is 35.0. The van der Waals surface area contributed by atoms with Crippen LogP contribution in [0.1, 0.15) is 107 Å². The fourth-order valence-corrected chi connectivity index (χ4v) is 10.3. The van der Waals surface area contributed by atoms with Crippen molar-refractivity contribution in [3.63, 3.8) is 0 Å². The van der Waals surface area contributed by atoms with E-state index in [1.807, 2.05) is 20.8 Å². The van der Waals surface area contributed by atoms with Crippen molar-refractivity contribution >= 4 is 5.78 Å². The normalized spacial score (nSPS) is 49.4. The maximum Gasteiger partial charge on any atom is 0.138 e. The summed E-state index contributed by atoms with van der Waals surface area (Å²) in [6, 6.07) is 0. The van der Waals surface area contributed by atoms with Crippen LogP contribution in [-0.2, 0) is 4.79 Å². The van der Waals surface area contributed by atoms with Crippen molar-refractivity contribution < 1.29 is 20.1 Å². The van der Waals surface area contributed by atoms with E-state index in [4.69, 9.17) is 0 Å². The van der Waals surface area contributed by atoms with Gasteiger partial charge in [0.15, 0.2) is 0 Å². The Kier molecular flexibility index (Phi) is 6.32. The number of carbonyl (C=O) groups is 1. The van der Waals surface area contributed by atoms with Crippen LogP contribution in [0, 0.1) is 45.3 Å². The van der Waals surface area contributed by atoms with Crippen LogP contribution in [0.15, 0.2) is 11.6 Å². The highest BCUT2D eigenvalue weighted by Crippen LogP contribution is 2.75. The first-order chi connectivity index (χ1) is 15.5. The van der Waals surface area contributed by atoms with Crippen LogP contribution in [0.2, 0.25) is 0 Å². The smallest absolute Gasteiger partial charge is 0.138 e. The van der Waals surface area contributed by atoms with Gasteiger partial charge in [0.25, 0.3) is 0 Å². The third kappa shape index (κ3) is 3.52. The molecule has 4 saturated carbocycles. The molecule has 4 heteroatoms. The Morgan fingerprint density at radius 1 is 1.06 bits per heavy atom. The molecule has 0 bridgehead atoms. The molecule has 4 nitrogen and oxygen atoms in total. The summed E-state index contributed by atoms with van der Waals surface area (Å²) in [6.45, 7) is 17.2. The Balaban J connectivity index is 1.71. The maximum atomic E-state index is 12.9. The standard InChI is InChI=1S/C30H50O4/c1-18(2)10-9-13-30(8,34)19-11-15-28(6)24(19)20(31)16-22-27(5)14-12-23(33)26(3,4)25(27)21(32)17-29(22,28)7/h10,19-22,24-25,31-32,34H,9,11-17H2,1-8H3/t19-,20+,21-,22+,24-,25+,27+,28+,29+,30-/m0/s1. The molecule has 10 atom stereocenters. The summed E-state index contributed by atoms with van der Waals surface area (Å²) in [5.74, 6) is 0.540. The molecule has 4 aliphatic carbocycles. The quantitative estimate of drug-likeness (QED) is 0.458. The van der Waals surface area contributed by atoms with Gasteiger partial charge in [0.2, 0.25) is 0 Å². The number of carbonyl (C=O) groups excluding carboxylic acids is 1. The number of aliphatic hydroxyl groups excluding tert-OH is 2. The SMILES string of the molecule is CC(C)=CCC[C@](C)(O)[C@H]1CC[C@]2(C)[C@@H]1[C@H](O)C[C@@H]1[C@@]3(C)CCC(=O)C(C)(C)[C@H]3[C@@H](O)C[C@]12C. The molecular weight excluding hydrogens is 424 g/mol. The highest BCUT2D eigenvalue weighted by molar-refractivity contribution is 5.85. The maximum absolute atomic E-state index is 12.9. The van der Waals surface area contributed by atoms with Crippen LogP contribution in [0.5, 0.6) is 0 Å². The summed E-state index contributed by atoms with van der Waals surface area (Å²) in [4.78, 5) is 12.9. The van der Waals surface area contributed by atoms with Crippen molar-refractivity contribution in [2.75, 3.05) is 0 Å². The summed E-state index contributed by atoms with van der Waals surface area (Å²) in [5.41, 5.74) is -0.555. The summed E-state index contributed by atoms with van der Waals surface area (Å²) < 4.78 is 0. The molecule has 4 fully saturated rings. The first-order valence-electron chi connectivity index (χ1n) is 13.8. The number of ketones is 1. The number of hydrogen-bond donors (Lipinski definition) is 3. The molecule has 194 valence electrons. The monoisotopic (exact) mass is 474 g/mol. The summed E-state index contributed by atoms with van der Waals surface area (Å²) >= 11 is 0. The van der Waals surface area contributed by atoms with Gasteiger partial charge in [-0.2, -0.15) is 0 Å². The van der Waals surface area contributed by atoms with E-state index in [0.29, 0.717) is 25.7 Å². The second-order valence-electron chi connectivity index (χ2n) is 14.4. The number of rotatable bonds is 4. The van der Waals surface area contributed by atoms with Gasteiger partial charge in [-0.3, -0.25) is 4.79 Å². The lowest BCUT2D eigenvalue weighted by atomic mass is 9.34. The summed E-state index contributed by atoms with van der Waals surface area (Å²) in [6.07, 6.45) is 7.43. The van der Waals surface area contributed by atoms with E-state index in [9.17, 15) is 20.1 Å². The van der Waals surface area contributed by atoms with Crippen molar-refractivity contribution in [3.05, 3.63) is 11.6 Å². The fraction of sp³-hybridized carbons (Fsp3) is 0.900. The molecule has 0 aromatic heterocycles. The van der Waals surface area contributed by atoms with Gasteiger partial charge in [0, 0.05) is 17.8 Å². The van der Waals surface area contributed by atoms with Crippen molar-refractivity contribution in [2.45, 2.75) is 125 Å². The first-order valence-corrected chi connectivity index (χ1v) is 13.8. The van der Waals surface area contributed by atoms with E-state index in [0.717, 1.165) is 25.7 Å². The lowest BCUT2D eigenvalue weighted by Gasteiger charge is -2.70. The fourth-order valence-electron chi connectivity index (χ4n) is 10.3. The number of fused-ring (bicyclic) bond motifs is 5. The molecule has 3 N–H and O–H groups in total. The molecule has 0 aromatic rings. The molecule has 4 aliphatic rings. The van der Waals surface area contributed by atoms with Gasteiger partial charge in [-0.25, -0.2) is 0 Å². The third-order valence-corrected chi connectivity index (χ3v) is 12.0. The van der Waals surface area contributed by atoms with E-state index in [-0.39, 0.29) is 45.7 Å². The van der Waals surface area contributed by atoms with Gasteiger partial charge in [-0.15, -0.1) is 0 Å². The lowest BCUT2D eigenvalue weighted by molar-refractivity contribution is -0.258. The van der Waals surface area contributed by atoms with Crippen molar-refractivity contribution in [2.24, 2.45) is 45.3 Å². The first kappa shape index (κ1) is 26.4. The second kappa shape index (κ2) is 8.15. The van der Waals surface area contributed by atoms with E-state index in [2.05, 4.69) is 40.7 Å². The molecule has 0 heterocycles. The molecule has 0 spiro atoms. The zero-order valence-corrected chi connectivity index (χ0v) is 22.9. The minimum absolute atomic E-state index is 0.0287. The third-order valence-electron chi connectivity index (χ3n) is 12.0. The van der Waals surface area contributed by atoms with E-state index in [1.165, 1.54) is 5.57 Å². The Labute approximate surface area is 207 Å². The van der Waals surface area contributed by atoms with Gasteiger partial charge in [-0.1, -0.05) is 46.3 Å². The van der Waals surface area contributed by atoms with Gasteiger partial charge in [-0.05, 0) is 99.7 Å². The van der Waals surface area contributed by atoms with Crippen LogP contribution >= 0.6 is 0 Å². The molecule has 34 heavy (non-hydrogen) atoms. The zero-order valence-electron chi connectivity index (χ0n) is 22.9. The number of allylic oxidation sites excluding steroid dienone is 2. The molecule has 4 rings (SSSR count). The van der Waals surface area contributed by atoms with Crippen LogP contribution in [0.4, 0.5) is 0 Å². The van der Waals surface area contributed by atoms with Gasteiger partial charge in [0.1, 0.15) is 5.78 Å². The highest BCUT2D eigenvalue weighted by Gasteiger charge is 2.73. The average Bonchev–Trinajstić information content (AvgIpc) is 3.07. The second-order valence-corrected chi connectivity index (χ2v) is 14.4. The number of hydrogen-bond acceptors (Lipinski definition) is 4. The Bertz CT molecular complexity index is 854. The van der Waals surface area contributed by atoms with Crippen molar-refractivity contribution in [1.82, 2.24) is 0 Å². The predicted octanol–water partition coefficient (Wildman–Crippen LogP) is 5.68. The van der Waals surface area contributed by atoms with E-state index in [1.54, 1.807) is 0 Å². The highest BCUT2D eigenvalue weighted by atomic mass is 16.3. The molecule has 0 aliphatic heterocycles. The van der Waals surface area contributed by atoms with E-state index < -0.39 is 23.2 Å². The Hall–Kier alpha value is -0.710. The largest absolute Gasteiger partial charge is 0.393 e. The molecule has 0 amide bonds.